The highest BCUT2D eigenvalue weighted by atomic mass is 28.2. The second-order valence-corrected chi connectivity index (χ2v) is 4.31. The highest BCUT2D eigenvalue weighted by Crippen LogP contribution is 1.97. The zero-order chi connectivity index (χ0) is 9.23. The third kappa shape index (κ3) is 6.79. The molecule has 0 bridgehead atoms. The molecule has 0 saturated heterocycles. The molecule has 3 nitrogen and oxygen atoms in total. The van der Waals surface area contributed by atoms with Gasteiger partial charge in [0.1, 0.15) is 0 Å². The quantitative estimate of drug-likeness (QED) is 0.327. The second-order valence-electron chi connectivity index (χ2n) is 2.60. The Balaban J connectivity index is 3.34. The molecule has 12 heavy (non-hydrogen) atoms. The lowest BCUT2D eigenvalue weighted by Gasteiger charge is -2.18. The summed E-state index contributed by atoms with van der Waals surface area (Å²) in [5.41, 5.74) is 0. The van der Waals surface area contributed by atoms with Crippen LogP contribution in [-0.4, -0.2) is 34.5 Å². The zero-order valence-corrected chi connectivity index (χ0v) is 9.92. The lowest BCUT2D eigenvalue weighted by atomic mass is 10.5. The first-order valence-electron chi connectivity index (χ1n) is 4.88. The van der Waals surface area contributed by atoms with Crippen LogP contribution in [0.4, 0.5) is 0 Å². The topological polar surface area (TPSA) is 21.7 Å². The van der Waals surface area contributed by atoms with Crippen LogP contribution in [0.15, 0.2) is 0 Å². The molecule has 0 radical (unpaired) electrons. The molecule has 0 heterocycles. The molecule has 0 aromatic heterocycles. The normalized spacial score (nSPS) is 12.0. The average Bonchev–Trinajstić information content (AvgIpc) is 2.06. The van der Waals surface area contributed by atoms with E-state index in [9.17, 15) is 0 Å². The molecular formula is C8H21NO2Si. The molecule has 0 atom stereocenters. The number of rotatable bonds is 8. The van der Waals surface area contributed by atoms with Crippen LogP contribution >= 0.6 is 0 Å². The van der Waals surface area contributed by atoms with Gasteiger partial charge >= 0.3 is 0 Å². The molecule has 0 fully saturated rings. The fourth-order valence-electron chi connectivity index (χ4n) is 0.945. The Morgan fingerprint density at radius 1 is 1.17 bits per heavy atom. The molecule has 0 N–H and O–H groups in total. The van der Waals surface area contributed by atoms with Gasteiger partial charge in [0.05, 0.1) is 19.8 Å². The minimum absolute atomic E-state index is 0.205. The standard InChI is InChI=1S/C8H21NO2Si/c1-4-10-9(11-5-2)7-6-8-12-3/h4-8,12H2,1-3H3. The number of hydrogen-bond donors (Lipinski definition) is 0. The Morgan fingerprint density at radius 2 is 1.75 bits per heavy atom. The summed E-state index contributed by atoms with van der Waals surface area (Å²) in [6, 6.07) is 1.37. The van der Waals surface area contributed by atoms with Crippen LogP contribution in [-0.2, 0) is 9.68 Å². The van der Waals surface area contributed by atoms with Crippen molar-refractivity contribution in [2.75, 3.05) is 19.8 Å². The van der Waals surface area contributed by atoms with E-state index in [0.717, 1.165) is 6.54 Å². The van der Waals surface area contributed by atoms with Gasteiger partial charge in [0.15, 0.2) is 0 Å². The van der Waals surface area contributed by atoms with Crippen LogP contribution in [0.1, 0.15) is 20.3 Å². The fraction of sp³-hybridized carbons (Fsp3) is 1.00. The highest BCUT2D eigenvalue weighted by molar-refractivity contribution is 6.33. The maximum atomic E-state index is 5.26. The van der Waals surface area contributed by atoms with E-state index in [2.05, 4.69) is 6.55 Å². The van der Waals surface area contributed by atoms with Gasteiger partial charge in [-0.3, -0.25) is 9.68 Å². The minimum atomic E-state index is 0.205. The third-order valence-corrected chi connectivity index (χ3v) is 2.70. The maximum Gasteiger partial charge on any atom is 0.0683 e. The van der Waals surface area contributed by atoms with Crippen LogP contribution in [0, 0.1) is 0 Å². The van der Waals surface area contributed by atoms with Gasteiger partial charge in [-0.05, 0) is 20.3 Å². The molecule has 0 spiro atoms. The summed E-state index contributed by atoms with van der Waals surface area (Å²) in [5.74, 6) is 0. The van der Waals surface area contributed by atoms with Crippen molar-refractivity contribution < 1.29 is 9.68 Å². The Labute approximate surface area is 77.8 Å². The van der Waals surface area contributed by atoms with Gasteiger partial charge < -0.3 is 0 Å². The Bertz CT molecular complexity index is 87.1. The van der Waals surface area contributed by atoms with Crippen LogP contribution in [0.5, 0.6) is 0 Å². The van der Waals surface area contributed by atoms with Crippen LogP contribution < -0.4 is 0 Å². The van der Waals surface area contributed by atoms with Gasteiger partial charge in [-0.2, -0.15) is 0 Å². The summed E-state index contributed by atoms with van der Waals surface area (Å²) >= 11 is 0. The summed E-state index contributed by atoms with van der Waals surface area (Å²) in [6.07, 6.45) is 1.20. The smallest absolute Gasteiger partial charge is 0.0683 e. The Morgan fingerprint density at radius 3 is 2.17 bits per heavy atom. The van der Waals surface area contributed by atoms with Crippen molar-refractivity contribution in [3.05, 3.63) is 0 Å². The van der Waals surface area contributed by atoms with Gasteiger partial charge in [0.2, 0.25) is 0 Å². The fourth-order valence-corrected chi connectivity index (χ4v) is 1.67. The van der Waals surface area contributed by atoms with Gasteiger partial charge in [0, 0.05) is 9.52 Å². The van der Waals surface area contributed by atoms with E-state index in [0.29, 0.717) is 13.2 Å². The Kier molecular flexibility index (Phi) is 9.26. The summed E-state index contributed by atoms with van der Waals surface area (Å²) in [7, 11) is 0.205. The molecule has 0 aromatic carbocycles. The van der Waals surface area contributed by atoms with Gasteiger partial charge in [0.25, 0.3) is 0 Å². The van der Waals surface area contributed by atoms with Gasteiger partial charge in [-0.25, -0.2) is 0 Å². The van der Waals surface area contributed by atoms with Crippen molar-refractivity contribution >= 4 is 9.52 Å². The van der Waals surface area contributed by atoms with Crippen molar-refractivity contribution in [1.29, 1.82) is 0 Å². The molecule has 0 aliphatic heterocycles. The summed E-state index contributed by atoms with van der Waals surface area (Å²) < 4.78 is 0. The first kappa shape index (κ1) is 12.1. The Hall–Kier alpha value is 0.0969. The molecule has 0 aliphatic carbocycles. The second kappa shape index (κ2) is 9.19. The molecule has 0 rings (SSSR count). The first-order valence-corrected chi connectivity index (χ1v) is 7.29. The van der Waals surface area contributed by atoms with Crippen molar-refractivity contribution in [3.8, 4) is 0 Å². The van der Waals surface area contributed by atoms with Crippen molar-refractivity contribution in [2.45, 2.75) is 32.9 Å². The summed E-state index contributed by atoms with van der Waals surface area (Å²) in [6.45, 7) is 8.54. The number of nitrogens with zero attached hydrogens (tertiary/aromatic N) is 1. The average molecular weight is 191 g/mol. The molecule has 0 amide bonds. The lowest BCUT2D eigenvalue weighted by molar-refractivity contribution is -0.364. The van der Waals surface area contributed by atoms with Crippen LogP contribution in [0.3, 0.4) is 0 Å². The summed E-state index contributed by atoms with van der Waals surface area (Å²) in [4.78, 5) is 10.5. The van der Waals surface area contributed by atoms with Gasteiger partial charge in [-0.1, -0.05) is 17.8 Å². The van der Waals surface area contributed by atoms with E-state index in [-0.39, 0.29) is 9.52 Å². The van der Waals surface area contributed by atoms with E-state index < -0.39 is 0 Å². The van der Waals surface area contributed by atoms with Crippen LogP contribution in [0.2, 0.25) is 12.6 Å². The van der Waals surface area contributed by atoms with Crippen LogP contribution in [0.25, 0.3) is 0 Å². The van der Waals surface area contributed by atoms with E-state index >= 15 is 0 Å². The van der Waals surface area contributed by atoms with Crippen molar-refractivity contribution in [2.24, 2.45) is 0 Å². The summed E-state index contributed by atoms with van der Waals surface area (Å²) in [5, 5.41) is 1.62. The molecule has 0 unspecified atom stereocenters. The van der Waals surface area contributed by atoms with E-state index in [1.165, 1.54) is 12.5 Å². The van der Waals surface area contributed by atoms with E-state index in [1.807, 2.05) is 13.8 Å². The van der Waals surface area contributed by atoms with Crippen molar-refractivity contribution in [3.63, 3.8) is 0 Å². The zero-order valence-electron chi connectivity index (χ0n) is 8.51. The predicted molar refractivity (Wildman–Crippen MR) is 53.8 cm³/mol. The molecule has 74 valence electrons. The molecule has 0 saturated carbocycles. The minimum Gasteiger partial charge on any atom is -0.274 e. The maximum absolute atomic E-state index is 5.26. The monoisotopic (exact) mass is 191 g/mol. The predicted octanol–water partition coefficient (Wildman–Crippen LogP) is 1.22. The molecule has 4 heteroatoms. The highest BCUT2D eigenvalue weighted by Gasteiger charge is 2.02. The number of hydrogen-bond acceptors (Lipinski definition) is 3. The van der Waals surface area contributed by atoms with E-state index in [4.69, 9.17) is 9.68 Å². The SMILES string of the molecule is CCON(CCC[SiH2]C)OCC. The van der Waals surface area contributed by atoms with Gasteiger partial charge in [-0.15, -0.1) is 0 Å². The first-order chi connectivity index (χ1) is 5.85. The lowest BCUT2D eigenvalue weighted by Crippen LogP contribution is -2.25. The molecule has 0 aromatic rings. The molecule has 0 aliphatic rings. The largest absolute Gasteiger partial charge is 0.274 e. The number of hydroxylamine groups is 2. The third-order valence-electron chi connectivity index (χ3n) is 1.49. The van der Waals surface area contributed by atoms with Crippen molar-refractivity contribution in [1.82, 2.24) is 5.23 Å². The molecular weight excluding hydrogens is 170 g/mol. The van der Waals surface area contributed by atoms with E-state index in [1.54, 1.807) is 5.23 Å².